The Hall–Kier alpha value is -1.56. The van der Waals surface area contributed by atoms with E-state index in [1.54, 1.807) is 0 Å². The molecule has 1 aliphatic rings. The number of likely N-dealkylation sites (tertiary alicyclic amines) is 1. The highest BCUT2D eigenvalue weighted by atomic mass is 19.2. The van der Waals surface area contributed by atoms with Crippen LogP contribution in [-0.4, -0.2) is 36.6 Å². The van der Waals surface area contributed by atoms with Gasteiger partial charge in [-0.2, -0.15) is 0 Å². The van der Waals surface area contributed by atoms with Crippen molar-refractivity contribution in [2.24, 2.45) is 5.92 Å². The Morgan fingerprint density at radius 1 is 1.22 bits per heavy atom. The molecule has 0 N–H and O–H groups in total. The zero-order valence-electron chi connectivity index (χ0n) is 13.8. The van der Waals surface area contributed by atoms with Gasteiger partial charge >= 0.3 is 5.97 Å². The number of nitrogens with zero attached hydrogens (tertiary/aromatic N) is 1. The highest BCUT2D eigenvalue weighted by Crippen LogP contribution is 2.37. The Balaban J connectivity index is 2.43. The van der Waals surface area contributed by atoms with Crippen LogP contribution in [0.2, 0.25) is 0 Å². The molecule has 1 aromatic rings. The number of benzene rings is 1. The summed E-state index contributed by atoms with van der Waals surface area (Å²) in [5.74, 6) is -5.56. The SMILES string of the molecule is COC(=O)[C@@H]1CCN(C(C)(C)C)C[C@H]1c1ccc(F)c(F)c1F. The van der Waals surface area contributed by atoms with Crippen molar-refractivity contribution in [2.75, 3.05) is 20.2 Å². The first-order valence-corrected chi connectivity index (χ1v) is 7.63. The molecule has 1 aliphatic heterocycles. The van der Waals surface area contributed by atoms with Crippen LogP contribution in [0.4, 0.5) is 13.2 Å². The predicted molar refractivity (Wildman–Crippen MR) is 80.5 cm³/mol. The lowest BCUT2D eigenvalue weighted by Gasteiger charge is -2.44. The molecular formula is C17H22F3NO2. The van der Waals surface area contributed by atoms with Crippen molar-refractivity contribution < 1.29 is 22.7 Å². The van der Waals surface area contributed by atoms with E-state index in [0.717, 1.165) is 6.07 Å². The molecule has 0 spiro atoms. The van der Waals surface area contributed by atoms with Crippen LogP contribution in [0.3, 0.4) is 0 Å². The topological polar surface area (TPSA) is 29.5 Å². The van der Waals surface area contributed by atoms with E-state index in [-0.39, 0.29) is 11.1 Å². The van der Waals surface area contributed by atoms with E-state index in [9.17, 15) is 18.0 Å². The van der Waals surface area contributed by atoms with Gasteiger partial charge in [-0.1, -0.05) is 6.07 Å². The third-order valence-corrected chi connectivity index (χ3v) is 4.53. The summed E-state index contributed by atoms with van der Waals surface area (Å²) in [7, 11) is 1.27. The molecule has 6 heteroatoms. The van der Waals surface area contributed by atoms with Crippen molar-refractivity contribution in [1.29, 1.82) is 0 Å². The zero-order chi connectivity index (χ0) is 17.4. The van der Waals surface area contributed by atoms with E-state index in [4.69, 9.17) is 4.74 Å². The molecule has 2 rings (SSSR count). The van der Waals surface area contributed by atoms with Crippen LogP contribution in [0.1, 0.15) is 38.7 Å². The molecule has 0 aromatic heterocycles. The first kappa shape index (κ1) is 17.8. The summed E-state index contributed by atoms with van der Waals surface area (Å²) in [6.07, 6.45) is 0.479. The number of carbonyl (C=O) groups is 1. The lowest BCUT2D eigenvalue weighted by molar-refractivity contribution is -0.148. The molecule has 1 fully saturated rings. The molecule has 1 heterocycles. The summed E-state index contributed by atoms with van der Waals surface area (Å²) in [6.45, 7) is 7.09. The molecule has 1 saturated heterocycles. The Morgan fingerprint density at radius 3 is 2.43 bits per heavy atom. The molecular weight excluding hydrogens is 307 g/mol. The number of rotatable bonds is 2. The summed E-state index contributed by atoms with van der Waals surface area (Å²) in [6, 6.07) is 2.12. The van der Waals surface area contributed by atoms with Crippen LogP contribution in [0, 0.1) is 23.4 Å². The van der Waals surface area contributed by atoms with Gasteiger partial charge in [-0.05, 0) is 45.4 Å². The van der Waals surface area contributed by atoms with Crippen molar-refractivity contribution in [3.63, 3.8) is 0 Å². The summed E-state index contributed by atoms with van der Waals surface area (Å²) in [4.78, 5) is 14.1. The fourth-order valence-corrected chi connectivity index (χ4v) is 3.14. The van der Waals surface area contributed by atoms with Gasteiger partial charge < -0.3 is 4.74 Å². The van der Waals surface area contributed by atoms with Gasteiger partial charge in [0.15, 0.2) is 17.5 Å². The number of carbonyl (C=O) groups excluding carboxylic acids is 1. The summed E-state index contributed by atoms with van der Waals surface area (Å²) >= 11 is 0. The summed E-state index contributed by atoms with van der Waals surface area (Å²) < 4.78 is 45.8. The molecule has 0 unspecified atom stereocenters. The van der Waals surface area contributed by atoms with Crippen molar-refractivity contribution >= 4 is 5.97 Å². The molecule has 0 amide bonds. The van der Waals surface area contributed by atoms with Gasteiger partial charge in [-0.15, -0.1) is 0 Å². The van der Waals surface area contributed by atoms with Gasteiger partial charge in [0, 0.05) is 18.0 Å². The maximum atomic E-state index is 14.2. The van der Waals surface area contributed by atoms with Crippen molar-refractivity contribution in [3.8, 4) is 0 Å². The van der Waals surface area contributed by atoms with Gasteiger partial charge in [0.2, 0.25) is 0 Å². The minimum Gasteiger partial charge on any atom is -0.469 e. The fraction of sp³-hybridized carbons (Fsp3) is 0.588. The normalized spacial score (nSPS) is 22.9. The minimum absolute atomic E-state index is 0.0215. The lowest BCUT2D eigenvalue weighted by Crippen LogP contribution is -2.50. The van der Waals surface area contributed by atoms with E-state index < -0.39 is 35.3 Å². The van der Waals surface area contributed by atoms with Crippen LogP contribution in [0.5, 0.6) is 0 Å². The van der Waals surface area contributed by atoms with Crippen LogP contribution < -0.4 is 0 Å². The van der Waals surface area contributed by atoms with Gasteiger partial charge in [0.05, 0.1) is 13.0 Å². The maximum Gasteiger partial charge on any atom is 0.309 e. The molecule has 1 aromatic carbocycles. The van der Waals surface area contributed by atoms with Crippen molar-refractivity contribution in [3.05, 3.63) is 35.1 Å². The Kier molecular flexibility index (Phi) is 5.04. The molecule has 0 bridgehead atoms. The van der Waals surface area contributed by atoms with Crippen LogP contribution >= 0.6 is 0 Å². The first-order chi connectivity index (χ1) is 10.7. The smallest absolute Gasteiger partial charge is 0.309 e. The van der Waals surface area contributed by atoms with E-state index >= 15 is 0 Å². The zero-order valence-corrected chi connectivity index (χ0v) is 13.8. The number of piperidine rings is 1. The molecule has 128 valence electrons. The molecule has 2 atom stereocenters. The number of hydrogen-bond acceptors (Lipinski definition) is 3. The monoisotopic (exact) mass is 329 g/mol. The van der Waals surface area contributed by atoms with E-state index in [2.05, 4.69) is 4.90 Å². The summed E-state index contributed by atoms with van der Waals surface area (Å²) in [5.41, 5.74) is -0.151. The van der Waals surface area contributed by atoms with Gasteiger partial charge in [-0.3, -0.25) is 9.69 Å². The molecule has 0 saturated carbocycles. The van der Waals surface area contributed by atoms with Crippen molar-refractivity contribution in [1.82, 2.24) is 4.90 Å². The second kappa shape index (κ2) is 6.51. The van der Waals surface area contributed by atoms with Crippen LogP contribution in [0.25, 0.3) is 0 Å². The van der Waals surface area contributed by atoms with Crippen molar-refractivity contribution in [2.45, 2.75) is 38.6 Å². The van der Waals surface area contributed by atoms with Crippen LogP contribution in [-0.2, 0) is 9.53 Å². The Morgan fingerprint density at radius 2 is 1.87 bits per heavy atom. The molecule has 23 heavy (non-hydrogen) atoms. The highest BCUT2D eigenvalue weighted by Gasteiger charge is 2.40. The van der Waals surface area contributed by atoms with Gasteiger partial charge in [-0.25, -0.2) is 13.2 Å². The fourth-order valence-electron chi connectivity index (χ4n) is 3.14. The second-order valence-electron chi connectivity index (χ2n) is 6.91. The lowest BCUT2D eigenvalue weighted by atomic mass is 9.79. The largest absolute Gasteiger partial charge is 0.469 e. The number of hydrogen-bond donors (Lipinski definition) is 0. The number of methoxy groups -OCH3 is 1. The average molecular weight is 329 g/mol. The third kappa shape index (κ3) is 3.52. The van der Waals surface area contributed by atoms with Gasteiger partial charge in [0.25, 0.3) is 0 Å². The molecule has 3 nitrogen and oxygen atoms in total. The number of halogens is 3. The third-order valence-electron chi connectivity index (χ3n) is 4.53. The molecule has 0 radical (unpaired) electrons. The summed E-state index contributed by atoms with van der Waals surface area (Å²) in [5, 5.41) is 0. The van der Waals surface area contributed by atoms with Crippen LogP contribution in [0.15, 0.2) is 12.1 Å². The van der Waals surface area contributed by atoms with Gasteiger partial charge in [0.1, 0.15) is 0 Å². The second-order valence-corrected chi connectivity index (χ2v) is 6.91. The Labute approximate surface area is 134 Å². The maximum absolute atomic E-state index is 14.2. The first-order valence-electron chi connectivity index (χ1n) is 7.63. The minimum atomic E-state index is -1.50. The Bertz CT molecular complexity index is 598. The highest BCUT2D eigenvalue weighted by molar-refractivity contribution is 5.74. The van der Waals surface area contributed by atoms with E-state index in [0.29, 0.717) is 19.5 Å². The van der Waals surface area contributed by atoms with E-state index in [1.165, 1.54) is 13.2 Å². The number of ether oxygens (including phenoxy) is 1. The standard InChI is InChI=1S/C17H22F3NO2/c1-17(2,3)21-8-7-11(16(22)23-4)12(9-21)10-5-6-13(18)15(20)14(10)19/h5-6,11-12H,7-9H2,1-4H3/t11-,12+/m1/s1. The quantitative estimate of drug-likeness (QED) is 0.614. The predicted octanol–water partition coefficient (Wildman–Crippen LogP) is 3.48. The average Bonchev–Trinajstić information content (AvgIpc) is 2.50. The molecule has 0 aliphatic carbocycles. The van der Waals surface area contributed by atoms with E-state index in [1.807, 2.05) is 20.8 Å². The number of esters is 1.